The average Bonchev–Trinajstić information content (AvgIpc) is 2.36. The van der Waals surface area contributed by atoms with Gasteiger partial charge in [-0.05, 0) is 19.4 Å². The van der Waals surface area contributed by atoms with Crippen molar-refractivity contribution in [1.29, 1.82) is 0 Å². The number of nitrogens with zero attached hydrogens (tertiary/aromatic N) is 1. The molecule has 0 aliphatic rings. The lowest BCUT2D eigenvalue weighted by Crippen LogP contribution is -2.28. The first kappa shape index (κ1) is 14.2. The number of carbonyl (C=O) groups is 1. The van der Waals surface area contributed by atoms with Gasteiger partial charge < -0.3 is 15.8 Å². The second-order valence-electron chi connectivity index (χ2n) is 3.85. The second-order valence-corrected chi connectivity index (χ2v) is 3.85. The number of rotatable bonds is 7. The Balaban J connectivity index is 2.36. The van der Waals surface area contributed by atoms with Gasteiger partial charge in [-0.3, -0.25) is 9.78 Å². The van der Waals surface area contributed by atoms with Gasteiger partial charge in [-0.15, -0.1) is 6.58 Å². The highest BCUT2D eigenvalue weighted by Gasteiger charge is 2.09. The minimum atomic E-state index is -0.181. The average molecular weight is 249 g/mol. The van der Waals surface area contributed by atoms with Crippen LogP contribution in [-0.2, 0) is 4.74 Å². The summed E-state index contributed by atoms with van der Waals surface area (Å²) in [5.41, 5.74) is 7.24. The summed E-state index contributed by atoms with van der Waals surface area (Å²) in [5.74, 6) is -0.181. The first-order chi connectivity index (χ1) is 8.65. The number of pyridine rings is 1. The van der Waals surface area contributed by atoms with Gasteiger partial charge in [0.1, 0.15) is 0 Å². The summed E-state index contributed by atoms with van der Waals surface area (Å²) in [6.07, 6.45) is 4.14. The van der Waals surface area contributed by atoms with Crippen LogP contribution in [0.3, 0.4) is 0 Å². The third kappa shape index (κ3) is 4.55. The van der Waals surface area contributed by atoms with Crippen LogP contribution in [0.25, 0.3) is 0 Å². The van der Waals surface area contributed by atoms with Crippen LogP contribution < -0.4 is 11.1 Å². The molecule has 0 fully saturated rings. The SMILES string of the molecule is C=CCCOCCNC(=O)c1cc(N)cnc1C. The number of ether oxygens (including phenoxy) is 1. The summed E-state index contributed by atoms with van der Waals surface area (Å²) in [6.45, 7) is 6.93. The Morgan fingerprint density at radius 2 is 2.39 bits per heavy atom. The van der Waals surface area contributed by atoms with Gasteiger partial charge in [0, 0.05) is 6.54 Å². The number of aromatic nitrogens is 1. The first-order valence-electron chi connectivity index (χ1n) is 5.84. The summed E-state index contributed by atoms with van der Waals surface area (Å²) >= 11 is 0. The van der Waals surface area contributed by atoms with E-state index in [-0.39, 0.29) is 5.91 Å². The van der Waals surface area contributed by atoms with Crippen molar-refractivity contribution in [3.8, 4) is 0 Å². The van der Waals surface area contributed by atoms with Gasteiger partial charge in [-0.25, -0.2) is 0 Å². The summed E-state index contributed by atoms with van der Waals surface area (Å²) in [6, 6.07) is 1.62. The van der Waals surface area contributed by atoms with Gasteiger partial charge in [0.25, 0.3) is 5.91 Å². The van der Waals surface area contributed by atoms with E-state index in [1.165, 1.54) is 6.20 Å². The minimum Gasteiger partial charge on any atom is -0.397 e. The van der Waals surface area contributed by atoms with Gasteiger partial charge in [0.15, 0.2) is 0 Å². The molecular formula is C13H19N3O2. The lowest BCUT2D eigenvalue weighted by molar-refractivity contribution is 0.0917. The summed E-state index contributed by atoms with van der Waals surface area (Å²) in [4.78, 5) is 15.9. The molecule has 0 radical (unpaired) electrons. The Hall–Kier alpha value is -1.88. The van der Waals surface area contributed by atoms with E-state index in [0.717, 1.165) is 6.42 Å². The highest BCUT2D eigenvalue weighted by molar-refractivity contribution is 5.95. The molecule has 5 nitrogen and oxygen atoms in total. The summed E-state index contributed by atoms with van der Waals surface area (Å²) in [5, 5.41) is 2.76. The summed E-state index contributed by atoms with van der Waals surface area (Å²) < 4.78 is 5.29. The van der Waals surface area contributed by atoms with Crippen molar-refractivity contribution in [2.24, 2.45) is 0 Å². The molecule has 1 heterocycles. The summed E-state index contributed by atoms with van der Waals surface area (Å²) in [7, 11) is 0. The van der Waals surface area contributed by atoms with Crippen LogP contribution in [-0.4, -0.2) is 30.6 Å². The Labute approximate surface area is 107 Å². The molecule has 1 aromatic heterocycles. The van der Waals surface area contributed by atoms with E-state index in [1.807, 2.05) is 0 Å². The number of carbonyl (C=O) groups excluding carboxylic acids is 1. The van der Waals surface area contributed by atoms with E-state index in [9.17, 15) is 4.79 Å². The lowest BCUT2D eigenvalue weighted by Gasteiger charge is -2.08. The lowest BCUT2D eigenvalue weighted by atomic mass is 10.2. The zero-order valence-corrected chi connectivity index (χ0v) is 10.6. The van der Waals surface area contributed by atoms with Crippen LogP contribution in [0.15, 0.2) is 24.9 Å². The van der Waals surface area contributed by atoms with Crippen molar-refractivity contribution in [2.75, 3.05) is 25.5 Å². The van der Waals surface area contributed by atoms with E-state index in [4.69, 9.17) is 10.5 Å². The number of anilines is 1. The fraction of sp³-hybridized carbons (Fsp3) is 0.385. The molecule has 1 aromatic rings. The molecule has 1 amide bonds. The highest BCUT2D eigenvalue weighted by atomic mass is 16.5. The largest absolute Gasteiger partial charge is 0.397 e. The maximum atomic E-state index is 11.8. The zero-order chi connectivity index (χ0) is 13.4. The monoisotopic (exact) mass is 249 g/mol. The van der Waals surface area contributed by atoms with E-state index in [2.05, 4.69) is 16.9 Å². The second kappa shape index (κ2) is 7.45. The number of nitrogens with two attached hydrogens (primary N) is 1. The van der Waals surface area contributed by atoms with Crippen molar-refractivity contribution in [3.05, 3.63) is 36.2 Å². The van der Waals surface area contributed by atoms with Crippen molar-refractivity contribution in [1.82, 2.24) is 10.3 Å². The Morgan fingerprint density at radius 3 is 3.11 bits per heavy atom. The number of aryl methyl sites for hydroxylation is 1. The first-order valence-corrected chi connectivity index (χ1v) is 5.84. The molecule has 0 saturated carbocycles. The molecule has 0 unspecified atom stereocenters. The fourth-order valence-electron chi connectivity index (χ4n) is 1.38. The van der Waals surface area contributed by atoms with Crippen molar-refractivity contribution in [3.63, 3.8) is 0 Å². The van der Waals surface area contributed by atoms with Gasteiger partial charge in [0.2, 0.25) is 0 Å². The van der Waals surface area contributed by atoms with Gasteiger partial charge >= 0.3 is 0 Å². The fourth-order valence-corrected chi connectivity index (χ4v) is 1.38. The van der Waals surface area contributed by atoms with Crippen LogP contribution in [0.1, 0.15) is 22.5 Å². The number of hydrogen-bond acceptors (Lipinski definition) is 4. The van der Waals surface area contributed by atoms with E-state index in [0.29, 0.717) is 36.7 Å². The molecule has 1 rings (SSSR count). The predicted octanol–water partition coefficient (Wildman–Crippen LogP) is 1.29. The highest BCUT2D eigenvalue weighted by Crippen LogP contribution is 2.08. The number of hydrogen-bond donors (Lipinski definition) is 2. The van der Waals surface area contributed by atoms with Gasteiger partial charge in [-0.2, -0.15) is 0 Å². The number of amides is 1. The smallest absolute Gasteiger partial charge is 0.253 e. The van der Waals surface area contributed by atoms with Crippen LogP contribution >= 0.6 is 0 Å². The van der Waals surface area contributed by atoms with Crippen LogP contribution in [0.5, 0.6) is 0 Å². The third-order valence-electron chi connectivity index (χ3n) is 2.35. The molecular weight excluding hydrogens is 230 g/mol. The predicted molar refractivity (Wildman–Crippen MR) is 71.4 cm³/mol. The molecule has 0 aromatic carbocycles. The molecule has 98 valence electrons. The van der Waals surface area contributed by atoms with Crippen molar-refractivity contribution < 1.29 is 9.53 Å². The molecule has 0 saturated heterocycles. The zero-order valence-electron chi connectivity index (χ0n) is 10.6. The molecule has 18 heavy (non-hydrogen) atoms. The topological polar surface area (TPSA) is 77.2 Å². The van der Waals surface area contributed by atoms with E-state index < -0.39 is 0 Å². The Kier molecular flexibility index (Phi) is 5.87. The van der Waals surface area contributed by atoms with Crippen LogP contribution in [0.2, 0.25) is 0 Å². The minimum absolute atomic E-state index is 0.181. The normalized spacial score (nSPS) is 10.1. The number of nitrogen functional groups attached to an aromatic ring is 1. The quantitative estimate of drug-likeness (QED) is 0.564. The van der Waals surface area contributed by atoms with Gasteiger partial charge in [-0.1, -0.05) is 6.08 Å². The molecule has 0 aliphatic carbocycles. The van der Waals surface area contributed by atoms with Crippen molar-refractivity contribution in [2.45, 2.75) is 13.3 Å². The molecule has 0 aliphatic heterocycles. The van der Waals surface area contributed by atoms with Crippen molar-refractivity contribution >= 4 is 11.6 Å². The molecule has 3 N–H and O–H groups in total. The maximum Gasteiger partial charge on any atom is 0.253 e. The van der Waals surface area contributed by atoms with Gasteiger partial charge in [0.05, 0.1) is 36.4 Å². The Morgan fingerprint density at radius 1 is 1.61 bits per heavy atom. The molecule has 5 heteroatoms. The third-order valence-corrected chi connectivity index (χ3v) is 2.35. The molecule has 0 bridgehead atoms. The molecule has 0 atom stereocenters. The Bertz CT molecular complexity index is 419. The number of nitrogens with one attached hydrogen (secondary N) is 1. The maximum absolute atomic E-state index is 11.8. The van der Waals surface area contributed by atoms with Crippen LogP contribution in [0, 0.1) is 6.92 Å². The molecule has 0 spiro atoms. The van der Waals surface area contributed by atoms with E-state index >= 15 is 0 Å². The standard InChI is InChI=1S/C13H19N3O2/c1-3-4-6-18-7-5-15-13(17)12-8-11(14)9-16-10(12)2/h3,8-9H,1,4-7,14H2,2H3,(H,15,17). The van der Waals surface area contributed by atoms with Crippen LogP contribution in [0.4, 0.5) is 5.69 Å². The van der Waals surface area contributed by atoms with E-state index in [1.54, 1.807) is 19.1 Å².